The molecule has 3 N–H and O–H groups in total. The zero-order valence-corrected chi connectivity index (χ0v) is 15.0. The number of alkyl halides is 1. The Kier molecular flexibility index (Phi) is 8.31. The van der Waals surface area contributed by atoms with Gasteiger partial charge in [0, 0.05) is 12.6 Å². The van der Waals surface area contributed by atoms with Crippen LogP contribution in [-0.4, -0.2) is 46.0 Å². The van der Waals surface area contributed by atoms with E-state index in [0.717, 1.165) is 4.57 Å². The van der Waals surface area contributed by atoms with E-state index in [2.05, 4.69) is 10.6 Å². The Bertz CT molecular complexity index is 776. The van der Waals surface area contributed by atoms with Crippen molar-refractivity contribution in [3.8, 4) is 0 Å². The van der Waals surface area contributed by atoms with Crippen molar-refractivity contribution in [2.45, 2.75) is 45.2 Å². The van der Waals surface area contributed by atoms with Crippen molar-refractivity contribution < 1.29 is 28.7 Å². The van der Waals surface area contributed by atoms with Crippen LogP contribution in [0.4, 0.5) is 10.1 Å². The third-order valence-electron chi connectivity index (χ3n) is 3.81. The number of pyridine rings is 1. The highest BCUT2D eigenvalue weighted by atomic mass is 19.1. The molecule has 0 aromatic carbocycles. The molecular formula is C17H22FN3O6. The molecule has 9 nitrogen and oxygen atoms in total. The van der Waals surface area contributed by atoms with Gasteiger partial charge >= 0.3 is 5.97 Å². The second-order valence-electron chi connectivity index (χ2n) is 5.72. The highest BCUT2D eigenvalue weighted by Gasteiger charge is 2.28. The first kappa shape index (κ1) is 22.0. The Morgan fingerprint density at radius 2 is 1.93 bits per heavy atom. The summed E-state index contributed by atoms with van der Waals surface area (Å²) in [6.45, 7) is 1.80. The number of Topliss-reactive ketones (excluding diaryl/α,β-unsaturated/α-hetero) is 1. The lowest BCUT2D eigenvalue weighted by Crippen LogP contribution is -2.47. The molecule has 0 fully saturated rings. The Morgan fingerprint density at radius 3 is 2.44 bits per heavy atom. The second-order valence-corrected chi connectivity index (χ2v) is 5.72. The molecule has 148 valence electrons. The van der Waals surface area contributed by atoms with Crippen molar-refractivity contribution in [2.24, 2.45) is 0 Å². The van der Waals surface area contributed by atoms with Gasteiger partial charge in [0.15, 0.2) is 5.78 Å². The number of carbonyl (C=O) groups excluding carboxylic acids is 3. The number of hydrogen-bond acceptors (Lipinski definition) is 5. The first-order valence-corrected chi connectivity index (χ1v) is 8.36. The molecular weight excluding hydrogens is 361 g/mol. The number of carboxylic acids is 1. The smallest absolute Gasteiger partial charge is 0.305 e. The van der Waals surface area contributed by atoms with Gasteiger partial charge in [-0.05, 0) is 18.6 Å². The van der Waals surface area contributed by atoms with E-state index in [1.807, 2.05) is 0 Å². The van der Waals surface area contributed by atoms with Crippen molar-refractivity contribution in [3.63, 3.8) is 0 Å². The summed E-state index contributed by atoms with van der Waals surface area (Å²) in [7, 11) is 0. The summed E-state index contributed by atoms with van der Waals surface area (Å²) in [6.07, 6.45) is 0.863. The number of nitrogens with zero attached hydrogens (tertiary/aromatic N) is 1. The van der Waals surface area contributed by atoms with Crippen molar-refractivity contribution >= 4 is 29.3 Å². The molecule has 2 amide bonds. The first-order valence-electron chi connectivity index (χ1n) is 8.36. The Labute approximate surface area is 154 Å². The third kappa shape index (κ3) is 6.01. The zero-order chi connectivity index (χ0) is 20.6. The van der Waals surface area contributed by atoms with Crippen molar-refractivity contribution in [3.05, 3.63) is 28.7 Å². The minimum Gasteiger partial charge on any atom is -0.481 e. The number of ketones is 1. The number of aromatic nitrogens is 1. The fourth-order valence-corrected chi connectivity index (χ4v) is 2.38. The first-order chi connectivity index (χ1) is 12.7. The van der Waals surface area contributed by atoms with E-state index < -0.39 is 48.4 Å². The van der Waals surface area contributed by atoms with Gasteiger partial charge in [0.05, 0.1) is 6.42 Å². The Balaban J connectivity index is 3.12. The third-order valence-corrected chi connectivity index (χ3v) is 3.81. The fraction of sp³-hybridized carbons (Fsp3) is 0.471. The Morgan fingerprint density at radius 1 is 1.26 bits per heavy atom. The van der Waals surface area contributed by atoms with E-state index in [1.54, 1.807) is 13.8 Å². The van der Waals surface area contributed by atoms with Gasteiger partial charge in [-0.2, -0.15) is 0 Å². The maximum atomic E-state index is 12.6. The molecule has 10 heteroatoms. The van der Waals surface area contributed by atoms with Gasteiger partial charge in [-0.3, -0.25) is 24.0 Å². The van der Waals surface area contributed by atoms with Gasteiger partial charge in [-0.1, -0.05) is 13.8 Å². The summed E-state index contributed by atoms with van der Waals surface area (Å²) in [6, 6.07) is 0.244. The van der Waals surface area contributed by atoms with Crippen molar-refractivity contribution in [1.29, 1.82) is 0 Å². The average Bonchev–Trinajstić information content (AvgIpc) is 2.63. The van der Waals surface area contributed by atoms with E-state index in [1.165, 1.54) is 18.3 Å². The molecule has 2 atom stereocenters. The monoisotopic (exact) mass is 383 g/mol. The summed E-state index contributed by atoms with van der Waals surface area (Å²) in [5.74, 6) is -3.63. The van der Waals surface area contributed by atoms with Crippen LogP contribution in [0.1, 0.15) is 39.2 Å². The molecule has 0 bridgehead atoms. The maximum Gasteiger partial charge on any atom is 0.305 e. The van der Waals surface area contributed by atoms with E-state index in [0.29, 0.717) is 0 Å². The fourth-order valence-electron chi connectivity index (χ4n) is 2.38. The van der Waals surface area contributed by atoms with E-state index in [-0.39, 0.29) is 24.4 Å². The van der Waals surface area contributed by atoms with Crippen LogP contribution in [0.5, 0.6) is 0 Å². The highest BCUT2D eigenvalue weighted by molar-refractivity contribution is 5.93. The molecule has 0 saturated heterocycles. The van der Waals surface area contributed by atoms with Gasteiger partial charge in [0.25, 0.3) is 5.56 Å². The number of carboxylic acid groups (broad SMARTS) is 1. The predicted octanol–water partition coefficient (Wildman–Crippen LogP) is 0.646. The number of carbonyl (C=O) groups is 4. The van der Waals surface area contributed by atoms with Gasteiger partial charge in [-0.25, -0.2) is 4.39 Å². The Hall–Kier alpha value is -3.04. The van der Waals surface area contributed by atoms with Crippen LogP contribution in [0.2, 0.25) is 0 Å². The largest absolute Gasteiger partial charge is 0.481 e. The molecule has 27 heavy (non-hydrogen) atoms. The molecule has 1 heterocycles. The van der Waals surface area contributed by atoms with Gasteiger partial charge in [0.2, 0.25) is 11.8 Å². The number of nitrogens with one attached hydrogen (secondary N) is 2. The number of halogens is 1. The summed E-state index contributed by atoms with van der Waals surface area (Å²) in [4.78, 5) is 58.9. The zero-order valence-electron chi connectivity index (χ0n) is 15.0. The number of hydrogen-bond donors (Lipinski definition) is 3. The summed E-state index contributed by atoms with van der Waals surface area (Å²) < 4.78 is 13.7. The molecule has 0 spiro atoms. The SMILES string of the molecule is CCC(=O)Nc1cccn([C@H](CC)C(=O)NC(CC(=O)O)C(=O)CF)c1=O. The summed E-state index contributed by atoms with van der Waals surface area (Å²) >= 11 is 0. The molecule has 1 aromatic heterocycles. The number of rotatable bonds is 10. The lowest BCUT2D eigenvalue weighted by Gasteiger charge is -2.22. The van der Waals surface area contributed by atoms with Crippen LogP contribution in [0.3, 0.4) is 0 Å². The molecule has 0 saturated carbocycles. The number of amides is 2. The summed E-state index contributed by atoms with van der Waals surface area (Å²) in [5.41, 5.74) is -0.648. The van der Waals surface area contributed by atoms with Crippen LogP contribution < -0.4 is 16.2 Å². The molecule has 1 aromatic rings. The van der Waals surface area contributed by atoms with Crippen LogP contribution in [-0.2, 0) is 19.2 Å². The minimum atomic E-state index is -1.53. The molecule has 1 rings (SSSR count). The van der Waals surface area contributed by atoms with E-state index >= 15 is 0 Å². The summed E-state index contributed by atoms with van der Waals surface area (Å²) in [5, 5.41) is 13.4. The highest BCUT2D eigenvalue weighted by Crippen LogP contribution is 2.12. The standard InChI is InChI=1S/C17H22FN3O6/c1-3-12(16(26)20-11(8-15(24)25)13(22)9-18)21-7-5-6-10(17(21)27)19-14(23)4-2/h5-7,11-12H,3-4,8-9H2,1-2H3,(H,19,23)(H,20,26)(H,24,25)/t11?,12-/m1/s1. The van der Waals surface area contributed by atoms with Crippen LogP contribution in [0.15, 0.2) is 23.1 Å². The average molecular weight is 383 g/mol. The minimum absolute atomic E-state index is 0.0162. The van der Waals surface area contributed by atoms with Gasteiger partial charge in [0.1, 0.15) is 24.4 Å². The van der Waals surface area contributed by atoms with Gasteiger partial charge in [-0.15, -0.1) is 0 Å². The number of anilines is 1. The molecule has 0 radical (unpaired) electrons. The van der Waals surface area contributed by atoms with Crippen LogP contribution in [0, 0.1) is 0 Å². The number of aliphatic carboxylic acids is 1. The molecule has 1 unspecified atom stereocenters. The van der Waals surface area contributed by atoms with E-state index in [4.69, 9.17) is 5.11 Å². The lowest BCUT2D eigenvalue weighted by molar-refractivity contribution is -0.140. The van der Waals surface area contributed by atoms with Crippen molar-refractivity contribution in [2.75, 3.05) is 12.0 Å². The second kappa shape index (κ2) is 10.2. The molecule has 0 aliphatic carbocycles. The normalized spacial score (nSPS) is 12.7. The van der Waals surface area contributed by atoms with E-state index in [9.17, 15) is 28.4 Å². The lowest BCUT2D eigenvalue weighted by atomic mass is 10.1. The van der Waals surface area contributed by atoms with Crippen LogP contribution in [0.25, 0.3) is 0 Å². The molecule has 0 aliphatic rings. The quantitative estimate of drug-likeness (QED) is 0.543. The van der Waals surface area contributed by atoms with Gasteiger partial charge < -0.3 is 20.3 Å². The maximum absolute atomic E-state index is 12.6. The molecule has 0 aliphatic heterocycles. The predicted molar refractivity (Wildman–Crippen MR) is 94.1 cm³/mol. The topological polar surface area (TPSA) is 135 Å². The van der Waals surface area contributed by atoms with Crippen molar-refractivity contribution in [1.82, 2.24) is 9.88 Å². The van der Waals surface area contributed by atoms with Crippen LogP contribution >= 0.6 is 0 Å².